The lowest BCUT2D eigenvalue weighted by molar-refractivity contribution is 0.102. The van der Waals surface area contributed by atoms with Crippen LogP contribution in [0.5, 0.6) is 0 Å². The molecular weight excluding hydrogens is 448 g/mol. The largest absolute Gasteiger partial charge is 0.322 e. The third-order valence-electron chi connectivity index (χ3n) is 4.91. The molecule has 0 fully saturated rings. The number of nitrogens with zero attached hydrogens (tertiary/aromatic N) is 2. The van der Waals surface area contributed by atoms with Crippen molar-refractivity contribution < 1.29 is 13.2 Å². The minimum Gasteiger partial charge on any atom is -0.322 e. The van der Waals surface area contributed by atoms with Crippen LogP contribution in [0.1, 0.15) is 15.9 Å². The first-order chi connectivity index (χ1) is 16.4. The third kappa shape index (κ3) is 5.73. The van der Waals surface area contributed by atoms with Crippen LogP contribution in [0.15, 0.2) is 118 Å². The van der Waals surface area contributed by atoms with Crippen LogP contribution < -0.4 is 10.0 Å². The van der Waals surface area contributed by atoms with Crippen LogP contribution in [-0.4, -0.2) is 14.3 Å². The van der Waals surface area contributed by atoms with Gasteiger partial charge in [0.05, 0.1) is 27.5 Å². The van der Waals surface area contributed by atoms with Gasteiger partial charge in [0.15, 0.2) is 0 Å². The number of amides is 1. The van der Waals surface area contributed by atoms with Crippen LogP contribution in [0, 0.1) is 6.92 Å². The van der Waals surface area contributed by atoms with Crippen LogP contribution in [0.3, 0.4) is 0 Å². The summed E-state index contributed by atoms with van der Waals surface area (Å²) in [5.74, 6) is -0.444. The molecule has 0 aliphatic heterocycles. The van der Waals surface area contributed by atoms with Gasteiger partial charge < -0.3 is 5.32 Å². The lowest BCUT2D eigenvalue weighted by Gasteiger charge is -2.13. The van der Waals surface area contributed by atoms with Crippen LogP contribution in [-0.2, 0) is 10.0 Å². The molecule has 0 aliphatic rings. The summed E-state index contributed by atoms with van der Waals surface area (Å²) < 4.78 is 28.1. The highest BCUT2D eigenvalue weighted by Crippen LogP contribution is 2.23. The van der Waals surface area contributed by atoms with E-state index < -0.39 is 15.9 Å². The van der Waals surface area contributed by atoms with Gasteiger partial charge in [0.1, 0.15) is 0 Å². The topological polar surface area (TPSA) is 100.0 Å². The van der Waals surface area contributed by atoms with Gasteiger partial charge in [-0.05, 0) is 67.6 Å². The van der Waals surface area contributed by atoms with E-state index >= 15 is 0 Å². The number of hydrogen-bond donors (Lipinski definition) is 2. The Balaban J connectivity index is 1.47. The summed E-state index contributed by atoms with van der Waals surface area (Å²) in [5.41, 5.74) is 3.25. The van der Waals surface area contributed by atoms with Gasteiger partial charge >= 0.3 is 0 Å². The van der Waals surface area contributed by atoms with Gasteiger partial charge in [0, 0.05) is 5.69 Å². The standard InChI is InChI=1S/C26H22N4O3S/c1-19-11-17-23(18-12-19)34(32,33)30-25-10-6-5-9-24(25)26(31)27-20-13-15-22(16-14-20)29-28-21-7-3-2-4-8-21/h2-18,30H,1H3,(H,27,31). The van der Waals surface area contributed by atoms with E-state index in [-0.39, 0.29) is 16.1 Å². The summed E-state index contributed by atoms with van der Waals surface area (Å²) >= 11 is 0. The number of sulfonamides is 1. The zero-order valence-corrected chi connectivity index (χ0v) is 19.2. The van der Waals surface area contributed by atoms with Crippen molar-refractivity contribution in [2.45, 2.75) is 11.8 Å². The molecule has 0 heterocycles. The number of benzene rings is 4. The monoisotopic (exact) mass is 470 g/mol. The Morgan fingerprint density at radius 1 is 0.706 bits per heavy atom. The quantitative estimate of drug-likeness (QED) is 0.303. The molecule has 4 rings (SSSR count). The molecule has 0 aliphatic carbocycles. The summed E-state index contributed by atoms with van der Waals surface area (Å²) in [6.45, 7) is 1.88. The predicted molar refractivity (Wildman–Crippen MR) is 133 cm³/mol. The van der Waals surface area contributed by atoms with Crippen molar-refractivity contribution in [3.8, 4) is 0 Å². The summed E-state index contributed by atoms with van der Waals surface area (Å²) in [6.07, 6.45) is 0. The molecule has 0 atom stereocenters. The minimum atomic E-state index is -3.85. The number of carbonyl (C=O) groups is 1. The van der Waals surface area contributed by atoms with Crippen molar-refractivity contribution >= 4 is 38.7 Å². The Kier molecular flexibility index (Phi) is 6.79. The molecule has 0 saturated carbocycles. The Labute approximate surface area is 198 Å². The summed E-state index contributed by atoms with van der Waals surface area (Å²) in [7, 11) is -3.85. The number of nitrogens with one attached hydrogen (secondary N) is 2. The van der Waals surface area contributed by atoms with Gasteiger partial charge in [0.25, 0.3) is 15.9 Å². The highest BCUT2D eigenvalue weighted by atomic mass is 32.2. The number of para-hydroxylation sites is 1. The van der Waals surface area contributed by atoms with Crippen LogP contribution in [0.25, 0.3) is 0 Å². The number of hydrogen-bond acceptors (Lipinski definition) is 5. The van der Waals surface area contributed by atoms with E-state index in [2.05, 4.69) is 20.3 Å². The fourth-order valence-electron chi connectivity index (χ4n) is 3.11. The van der Waals surface area contributed by atoms with Crippen LogP contribution in [0.2, 0.25) is 0 Å². The van der Waals surface area contributed by atoms with E-state index in [1.807, 2.05) is 37.3 Å². The number of azo groups is 1. The Morgan fingerprint density at radius 3 is 1.97 bits per heavy atom. The molecule has 7 nitrogen and oxygen atoms in total. The molecule has 0 saturated heterocycles. The van der Waals surface area contributed by atoms with Crippen molar-refractivity contribution in [1.29, 1.82) is 0 Å². The fraction of sp³-hybridized carbons (Fsp3) is 0.0385. The maximum Gasteiger partial charge on any atom is 0.261 e. The lowest BCUT2D eigenvalue weighted by Crippen LogP contribution is -2.18. The molecule has 2 N–H and O–H groups in total. The van der Waals surface area contributed by atoms with Gasteiger partial charge in [-0.3, -0.25) is 9.52 Å². The van der Waals surface area contributed by atoms with E-state index in [4.69, 9.17) is 0 Å². The second-order valence-electron chi connectivity index (χ2n) is 7.50. The molecule has 4 aromatic rings. The van der Waals surface area contributed by atoms with Gasteiger partial charge in [0.2, 0.25) is 0 Å². The van der Waals surface area contributed by atoms with E-state index in [1.54, 1.807) is 60.7 Å². The molecule has 170 valence electrons. The normalized spacial score (nSPS) is 11.3. The molecule has 0 aromatic heterocycles. The second-order valence-corrected chi connectivity index (χ2v) is 9.18. The average molecular weight is 471 g/mol. The van der Waals surface area contributed by atoms with Gasteiger partial charge in [-0.1, -0.05) is 48.0 Å². The second kappa shape index (κ2) is 10.1. The molecule has 0 bridgehead atoms. The highest BCUT2D eigenvalue weighted by molar-refractivity contribution is 7.92. The minimum absolute atomic E-state index is 0.119. The molecular formula is C26H22N4O3S. The van der Waals surface area contributed by atoms with Gasteiger partial charge in [-0.2, -0.15) is 10.2 Å². The Morgan fingerprint density at radius 2 is 1.29 bits per heavy atom. The summed E-state index contributed by atoms with van der Waals surface area (Å²) in [6, 6.07) is 29.2. The zero-order chi connectivity index (χ0) is 24.0. The lowest BCUT2D eigenvalue weighted by atomic mass is 10.1. The highest BCUT2D eigenvalue weighted by Gasteiger charge is 2.18. The number of aryl methyl sites for hydroxylation is 1. The first-order valence-corrected chi connectivity index (χ1v) is 12.0. The maximum atomic E-state index is 12.9. The number of anilines is 2. The van der Waals surface area contributed by atoms with Crippen molar-refractivity contribution in [3.63, 3.8) is 0 Å². The first kappa shape index (κ1) is 22.9. The third-order valence-corrected chi connectivity index (χ3v) is 6.29. The predicted octanol–water partition coefficient (Wildman–Crippen LogP) is 6.46. The van der Waals surface area contributed by atoms with Crippen LogP contribution in [0.4, 0.5) is 22.7 Å². The number of rotatable bonds is 7. The van der Waals surface area contributed by atoms with E-state index in [0.29, 0.717) is 11.4 Å². The molecule has 4 aromatic carbocycles. The smallest absolute Gasteiger partial charge is 0.261 e. The van der Waals surface area contributed by atoms with Crippen molar-refractivity contribution in [1.82, 2.24) is 0 Å². The molecule has 8 heteroatoms. The number of carbonyl (C=O) groups excluding carboxylic acids is 1. The molecule has 0 radical (unpaired) electrons. The van der Waals surface area contributed by atoms with Crippen molar-refractivity contribution in [2.24, 2.45) is 10.2 Å². The van der Waals surface area contributed by atoms with Crippen LogP contribution >= 0.6 is 0 Å². The molecule has 0 spiro atoms. The summed E-state index contributed by atoms with van der Waals surface area (Å²) in [4.78, 5) is 13.0. The van der Waals surface area contributed by atoms with E-state index in [0.717, 1.165) is 11.3 Å². The average Bonchev–Trinajstić information content (AvgIpc) is 2.84. The molecule has 1 amide bonds. The van der Waals surface area contributed by atoms with Gasteiger partial charge in [-0.15, -0.1) is 0 Å². The summed E-state index contributed by atoms with van der Waals surface area (Å²) in [5, 5.41) is 11.1. The SMILES string of the molecule is Cc1ccc(S(=O)(=O)Nc2ccccc2C(=O)Nc2ccc(N=Nc3ccccc3)cc2)cc1. The fourth-order valence-corrected chi connectivity index (χ4v) is 4.19. The maximum absolute atomic E-state index is 12.9. The molecule has 34 heavy (non-hydrogen) atoms. The Hall–Kier alpha value is -4.30. The van der Waals surface area contributed by atoms with Crippen molar-refractivity contribution in [2.75, 3.05) is 10.0 Å². The van der Waals surface area contributed by atoms with Gasteiger partial charge in [-0.25, -0.2) is 8.42 Å². The first-order valence-electron chi connectivity index (χ1n) is 10.5. The zero-order valence-electron chi connectivity index (χ0n) is 18.3. The van der Waals surface area contributed by atoms with Crippen molar-refractivity contribution in [3.05, 3.63) is 114 Å². The Bertz CT molecular complexity index is 1420. The van der Waals surface area contributed by atoms with E-state index in [1.165, 1.54) is 12.1 Å². The van der Waals surface area contributed by atoms with E-state index in [9.17, 15) is 13.2 Å². The molecule has 0 unspecified atom stereocenters.